The normalized spacial score (nSPS) is 11.1. The molecule has 9 heteroatoms. The second-order valence-electron chi connectivity index (χ2n) is 6.54. The van der Waals surface area contributed by atoms with Crippen molar-refractivity contribution < 1.29 is 22.5 Å². The standard InChI is InChI=1S/C20H21N3O5S/c1-13-4-7-17(10-14(13)2)27-12-20(24)21-16-5-8-18(9-6-16)29(25,26)23-19-11-15(3)28-22-19/h4-11H,12H2,1-3H3,(H,21,24)(H,22,23). The van der Waals surface area contributed by atoms with E-state index in [2.05, 4.69) is 15.2 Å². The highest BCUT2D eigenvalue weighted by Crippen LogP contribution is 2.19. The van der Waals surface area contributed by atoms with Crippen LogP contribution in [0.1, 0.15) is 16.9 Å². The van der Waals surface area contributed by atoms with Crippen LogP contribution in [0.15, 0.2) is 57.9 Å². The van der Waals surface area contributed by atoms with E-state index in [0.29, 0.717) is 17.2 Å². The quantitative estimate of drug-likeness (QED) is 0.612. The van der Waals surface area contributed by atoms with Gasteiger partial charge in [0.2, 0.25) is 0 Å². The Bertz CT molecular complexity index is 1120. The van der Waals surface area contributed by atoms with Gasteiger partial charge in [0, 0.05) is 11.8 Å². The van der Waals surface area contributed by atoms with Gasteiger partial charge < -0.3 is 14.6 Å². The number of aryl methyl sites for hydroxylation is 3. The van der Waals surface area contributed by atoms with Gasteiger partial charge in [-0.25, -0.2) is 8.42 Å². The molecule has 0 aliphatic rings. The third-order valence-electron chi connectivity index (χ3n) is 4.16. The van der Waals surface area contributed by atoms with E-state index >= 15 is 0 Å². The Kier molecular flexibility index (Phi) is 5.88. The van der Waals surface area contributed by atoms with Gasteiger partial charge in [0.1, 0.15) is 11.5 Å². The molecule has 1 heterocycles. The second-order valence-corrected chi connectivity index (χ2v) is 8.22. The Morgan fingerprint density at radius 2 is 1.76 bits per heavy atom. The van der Waals surface area contributed by atoms with Crippen molar-refractivity contribution in [3.8, 4) is 5.75 Å². The van der Waals surface area contributed by atoms with Gasteiger partial charge in [-0.2, -0.15) is 0 Å². The van der Waals surface area contributed by atoms with Gasteiger partial charge in [0.15, 0.2) is 12.4 Å². The monoisotopic (exact) mass is 415 g/mol. The summed E-state index contributed by atoms with van der Waals surface area (Å²) in [5, 5.41) is 6.27. The fourth-order valence-electron chi connectivity index (χ4n) is 2.48. The van der Waals surface area contributed by atoms with Gasteiger partial charge in [0.05, 0.1) is 4.90 Å². The number of sulfonamides is 1. The molecule has 0 radical (unpaired) electrons. The average Bonchev–Trinajstić information content (AvgIpc) is 3.07. The zero-order valence-corrected chi connectivity index (χ0v) is 17.0. The number of aromatic nitrogens is 1. The molecule has 0 aliphatic carbocycles. The van der Waals surface area contributed by atoms with E-state index < -0.39 is 10.0 Å². The molecule has 29 heavy (non-hydrogen) atoms. The van der Waals surface area contributed by atoms with Gasteiger partial charge in [-0.15, -0.1) is 0 Å². The zero-order valence-electron chi connectivity index (χ0n) is 16.2. The summed E-state index contributed by atoms with van der Waals surface area (Å²) in [5.74, 6) is 0.848. The second kappa shape index (κ2) is 8.36. The van der Waals surface area contributed by atoms with E-state index in [1.165, 1.54) is 30.3 Å². The molecule has 3 rings (SSSR count). The van der Waals surface area contributed by atoms with Crippen molar-refractivity contribution in [2.24, 2.45) is 0 Å². The Labute approximate surface area is 168 Å². The van der Waals surface area contributed by atoms with E-state index in [0.717, 1.165) is 11.1 Å². The third-order valence-corrected chi connectivity index (χ3v) is 5.53. The number of rotatable bonds is 7. The van der Waals surface area contributed by atoms with E-state index in [1.807, 2.05) is 26.0 Å². The molecule has 0 aliphatic heterocycles. The van der Waals surface area contributed by atoms with Crippen LogP contribution in [-0.2, 0) is 14.8 Å². The van der Waals surface area contributed by atoms with Gasteiger partial charge >= 0.3 is 0 Å². The van der Waals surface area contributed by atoms with Gasteiger partial charge in [-0.1, -0.05) is 11.2 Å². The van der Waals surface area contributed by atoms with E-state index in [1.54, 1.807) is 13.0 Å². The van der Waals surface area contributed by atoms with Crippen LogP contribution in [0.3, 0.4) is 0 Å². The molecule has 152 valence electrons. The number of anilines is 2. The summed E-state index contributed by atoms with van der Waals surface area (Å²) in [6, 6.07) is 12.8. The summed E-state index contributed by atoms with van der Waals surface area (Å²) in [6.07, 6.45) is 0. The average molecular weight is 415 g/mol. The predicted octanol–water partition coefficient (Wildman–Crippen LogP) is 3.42. The largest absolute Gasteiger partial charge is 0.484 e. The molecule has 3 aromatic rings. The number of nitrogens with one attached hydrogen (secondary N) is 2. The first-order valence-corrected chi connectivity index (χ1v) is 10.3. The maximum atomic E-state index is 12.4. The van der Waals surface area contributed by atoms with Gasteiger partial charge in [-0.05, 0) is 68.3 Å². The van der Waals surface area contributed by atoms with Crippen molar-refractivity contribution in [2.75, 3.05) is 16.6 Å². The minimum atomic E-state index is -3.81. The molecule has 8 nitrogen and oxygen atoms in total. The summed E-state index contributed by atoms with van der Waals surface area (Å²) in [6.45, 7) is 5.47. The fraction of sp³-hybridized carbons (Fsp3) is 0.200. The molecule has 0 bridgehead atoms. The van der Waals surface area contributed by atoms with Crippen LogP contribution >= 0.6 is 0 Å². The number of hydrogen-bond acceptors (Lipinski definition) is 6. The fourth-order valence-corrected chi connectivity index (χ4v) is 3.46. The molecule has 1 amide bonds. The maximum absolute atomic E-state index is 12.4. The van der Waals surface area contributed by atoms with Crippen molar-refractivity contribution in [1.82, 2.24) is 5.16 Å². The number of amides is 1. The van der Waals surface area contributed by atoms with E-state index in [9.17, 15) is 13.2 Å². The van der Waals surface area contributed by atoms with Gasteiger partial charge in [-0.3, -0.25) is 9.52 Å². The molecular formula is C20H21N3O5S. The van der Waals surface area contributed by atoms with Crippen molar-refractivity contribution >= 4 is 27.4 Å². The number of ether oxygens (including phenoxy) is 1. The van der Waals surface area contributed by atoms with Crippen LogP contribution < -0.4 is 14.8 Å². The van der Waals surface area contributed by atoms with Gasteiger partial charge in [0.25, 0.3) is 15.9 Å². The molecule has 0 atom stereocenters. The first-order valence-electron chi connectivity index (χ1n) is 8.79. The minimum absolute atomic E-state index is 0.0301. The number of carbonyl (C=O) groups excluding carboxylic acids is 1. The molecule has 0 saturated heterocycles. The lowest BCUT2D eigenvalue weighted by atomic mass is 10.1. The molecule has 0 spiro atoms. The molecule has 0 unspecified atom stereocenters. The van der Waals surface area contributed by atoms with Crippen molar-refractivity contribution in [1.29, 1.82) is 0 Å². The first-order chi connectivity index (χ1) is 13.7. The minimum Gasteiger partial charge on any atom is -0.484 e. The number of carbonyl (C=O) groups is 1. The summed E-state index contributed by atoms with van der Waals surface area (Å²) in [4.78, 5) is 12.1. The zero-order chi connectivity index (χ0) is 21.0. The molecule has 1 aromatic heterocycles. The Morgan fingerprint density at radius 1 is 1.03 bits per heavy atom. The smallest absolute Gasteiger partial charge is 0.263 e. The van der Waals surface area contributed by atoms with Crippen LogP contribution in [0.5, 0.6) is 5.75 Å². The third kappa shape index (κ3) is 5.35. The Morgan fingerprint density at radius 3 is 2.38 bits per heavy atom. The SMILES string of the molecule is Cc1cc(NS(=O)(=O)c2ccc(NC(=O)COc3ccc(C)c(C)c3)cc2)no1. The summed E-state index contributed by atoms with van der Waals surface area (Å²) >= 11 is 0. The maximum Gasteiger partial charge on any atom is 0.263 e. The van der Waals surface area contributed by atoms with Crippen molar-refractivity contribution in [3.05, 3.63) is 65.4 Å². The van der Waals surface area contributed by atoms with Crippen LogP contribution in [0.4, 0.5) is 11.5 Å². The summed E-state index contributed by atoms with van der Waals surface area (Å²) < 4.78 is 37.4. The summed E-state index contributed by atoms with van der Waals surface area (Å²) in [5.41, 5.74) is 2.68. The van der Waals surface area contributed by atoms with Crippen LogP contribution in [0, 0.1) is 20.8 Å². The number of nitrogens with zero attached hydrogens (tertiary/aromatic N) is 1. The van der Waals surface area contributed by atoms with Crippen LogP contribution in [0.25, 0.3) is 0 Å². The molecule has 0 saturated carbocycles. The lowest BCUT2D eigenvalue weighted by Crippen LogP contribution is -2.20. The Hall–Kier alpha value is -3.33. The van der Waals surface area contributed by atoms with Crippen molar-refractivity contribution in [3.63, 3.8) is 0 Å². The Balaban J connectivity index is 1.58. The molecular weight excluding hydrogens is 394 g/mol. The topological polar surface area (TPSA) is 111 Å². The van der Waals surface area contributed by atoms with Crippen LogP contribution in [-0.4, -0.2) is 26.1 Å². The number of benzene rings is 2. The predicted molar refractivity (Wildman–Crippen MR) is 109 cm³/mol. The lowest BCUT2D eigenvalue weighted by molar-refractivity contribution is -0.118. The lowest BCUT2D eigenvalue weighted by Gasteiger charge is -2.10. The molecule has 2 N–H and O–H groups in total. The number of hydrogen-bond donors (Lipinski definition) is 2. The summed E-state index contributed by atoms with van der Waals surface area (Å²) in [7, 11) is -3.81. The van der Waals surface area contributed by atoms with E-state index in [-0.39, 0.29) is 23.2 Å². The van der Waals surface area contributed by atoms with Crippen LogP contribution in [0.2, 0.25) is 0 Å². The highest BCUT2D eigenvalue weighted by atomic mass is 32.2. The van der Waals surface area contributed by atoms with E-state index in [4.69, 9.17) is 9.26 Å². The van der Waals surface area contributed by atoms with Crippen molar-refractivity contribution in [2.45, 2.75) is 25.7 Å². The highest BCUT2D eigenvalue weighted by Gasteiger charge is 2.16. The molecule has 0 fully saturated rings. The molecule has 2 aromatic carbocycles. The highest BCUT2D eigenvalue weighted by molar-refractivity contribution is 7.92. The first kappa shape index (κ1) is 20.4.